The molecule has 1 atom stereocenters. The van der Waals surface area contributed by atoms with Crippen molar-refractivity contribution in [2.45, 2.75) is 45.6 Å². The number of aliphatic imine (C=N–C) groups is 1. The number of hydrogen-bond donors (Lipinski definition) is 2. The highest BCUT2D eigenvalue weighted by atomic mass is 16.5. The molecule has 0 spiro atoms. The number of nitrogens with zero attached hydrogens (tertiary/aromatic N) is 2. The average Bonchev–Trinajstić information content (AvgIpc) is 2.45. The highest BCUT2D eigenvalue weighted by molar-refractivity contribution is 5.77. The van der Waals surface area contributed by atoms with Crippen LogP contribution >= 0.6 is 0 Å². The fourth-order valence-electron chi connectivity index (χ4n) is 2.48. The number of nitrogens with one attached hydrogen (secondary N) is 1. The van der Waals surface area contributed by atoms with Gasteiger partial charge in [0.1, 0.15) is 0 Å². The van der Waals surface area contributed by atoms with Gasteiger partial charge in [-0.2, -0.15) is 0 Å². The molecule has 0 aromatic rings. The summed E-state index contributed by atoms with van der Waals surface area (Å²) in [6, 6.07) is 0.572. The van der Waals surface area contributed by atoms with E-state index >= 15 is 0 Å². The summed E-state index contributed by atoms with van der Waals surface area (Å²) in [5.74, 6) is 0.568. The van der Waals surface area contributed by atoms with Gasteiger partial charge in [-0.15, -0.1) is 0 Å². The predicted molar refractivity (Wildman–Crippen MR) is 80.5 cm³/mol. The summed E-state index contributed by atoms with van der Waals surface area (Å²) in [5, 5.41) is 3.14. The molecule has 0 aromatic carbocycles. The summed E-state index contributed by atoms with van der Waals surface area (Å²) >= 11 is 0. The number of guanidine groups is 1. The Labute approximate surface area is 117 Å². The van der Waals surface area contributed by atoms with Crippen LogP contribution in [0, 0.1) is 0 Å². The largest absolute Gasteiger partial charge is 0.382 e. The fraction of sp³-hybridized carbons (Fsp3) is 0.929. The molecular formula is C14H30N4O. The molecule has 1 aliphatic rings. The van der Waals surface area contributed by atoms with Crippen molar-refractivity contribution in [2.75, 3.05) is 39.4 Å². The molecule has 0 amide bonds. The fourth-order valence-corrected chi connectivity index (χ4v) is 2.48. The summed E-state index contributed by atoms with van der Waals surface area (Å²) in [6.07, 6.45) is 4.85. The second-order valence-electron chi connectivity index (χ2n) is 4.98. The lowest BCUT2D eigenvalue weighted by atomic mass is 10.0. The maximum absolute atomic E-state index is 5.87. The monoisotopic (exact) mass is 270 g/mol. The zero-order chi connectivity index (χ0) is 13.9. The first kappa shape index (κ1) is 16.2. The maximum atomic E-state index is 5.87. The molecule has 1 unspecified atom stereocenters. The van der Waals surface area contributed by atoms with E-state index in [0.29, 0.717) is 12.0 Å². The van der Waals surface area contributed by atoms with E-state index in [9.17, 15) is 0 Å². The molecular weight excluding hydrogens is 240 g/mol. The van der Waals surface area contributed by atoms with Gasteiger partial charge in [0.15, 0.2) is 5.96 Å². The first-order valence-corrected chi connectivity index (χ1v) is 7.63. The van der Waals surface area contributed by atoms with E-state index in [2.05, 4.69) is 22.1 Å². The van der Waals surface area contributed by atoms with Crippen molar-refractivity contribution < 1.29 is 4.74 Å². The lowest BCUT2D eigenvalue weighted by Crippen LogP contribution is -2.42. The molecule has 1 aliphatic heterocycles. The van der Waals surface area contributed by atoms with Gasteiger partial charge in [-0.05, 0) is 39.3 Å². The summed E-state index contributed by atoms with van der Waals surface area (Å²) < 4.78 is 5.27. The first-order valence-electron chi connectivity index (χ1n) is 7.63. The summed E-state index contributed by atoms with van der Waals surface area (Å²) in [4.78, 5) is 6.97. The molecule has 112 valence electrons. The minimum Gasteiger partial charge on any atom is -0.382 e. The van der Waals surface area contributed by atoms with Crippen molar-refractivity contribution in [3.8, 4) is 0 Å². The Morgan fingerprint density at radius 2 is 2.26 bits per heavy atom. The molecule has 0 bridgehead atoms. The molecule has 1 saturated heterocycles. The second-order valence-corrected chi connectivity index (χ2v) is 4.98. The van der Waals surface area contributed by atoms with E-state index in [1.54, 1.807) is 0 Å². The Morgan fingerprint density at radius 3 is 3.00 bits per heavy atom. The van der Waals surface area contributed by atoms with Gasteiger partial charge in [-0.1, -0.05) is 13.3 Å². The number of ether oxygens (including phenoxy) is 1. The smallest absolute Gasteiger partial charge is 0.188 e. The van der Waals surface area contributed by atoms with Crippen LogP contribution in [0.15, 0.2) is 4.99 Å². The Kier molecular flexibility index (Phi) is 8.58. The Hall–Kier alpha value is -0.810. The molecule has 3 N–H and O–H groups in total. The minimum absolute atomic E-state index is 0.568. The van der Waals surface area contributed by atoms with Gasteiger partial charge in [0.05, 0.1) is 6.54 Å². The van der Waals surface area contributed by atoms with Crippen LogP contribution in [0.4, 0.5) is 0 Å². The van der Waals surface area contributed by atoms with Crippen LogP contribution in [0.5, 0.6) is 0 Å². The van der Waals surface area contributed by atoms with Crippen LogP contribution in [-0.4, -0.2) is 56.3 Å². The summed E-state index contributed by atoms with van der Waals surface area (Å²) in [7, 11) is 0. The van der Waals surface area contributed by atoms with E-state index in [-0.39, 0.29) is 0 Å². The minimum atomic E-state index is 0.568. The molecule has 0 aliphatic carbocycles. The highest BCUT2D eigenvalue weighted by Gasteiger charge is 2.20. The van der Waals surface area contributed by atoms with Crippen LogP contribution in [0.25, 0.3) is 0 Å². The van der Waals surface area contributed by atoms with Crippen molar-refractivity contribution in [3.05, 3.63) is 0 Å². The number of likely N-dealkylation sites (tertiary alicyclic amines) is 1. The van der Waals surface area contributed by atoms with Gasteiger partial charge in [-0.3, -0.25) is 9.89 Å². The lowest BCUT2D eigenvalue weighted by molar-refractivity contribution is 0.145. The van der Waals surface area contributed by atoms with E-state index < -0.39 is 0 Å². The predicted octanol–water partition coefficient (Wildman–Crippen LogP) is 1.19. The van der Waals surface area contributed by atoms with Crippen molar-refractivity contribution in [3.63, 3.8) is 0 Å². The van der Waals surface area contributed by atoms with Crippen molar-refractivity contribution in [1.29, 1.82) is 0 Å². The van der Waals surface area contributed by atoms with Gasteiger partial charge >= 0.3 is 0 Å². The second kappa shape index (κ2) is 10.0. The standard InChI is InChI=1S/C14H30N4O/c1-3-18-10-6-5-8-13(18)12-17-14(15)16-9-7-11-19-4-2/h13H,3-12H2,1-2H3,(H3,15,16,17). The molecule has 1 heterocycles. The Balaban J connectivity index is 2.18. The van der Waals surface area contributed by atoms with Crippen LogP contribution < -0.4 is 11.1 Å². The number of hydrogen-bond acceptors (Lipinski definition) is 3. The summed E-state index contributed by atoms with van der Waals surface area (Å²) in [6.45, 7) is 9.75. The zero-order valence-electron chi connectivity index (χ0n) is 12.5. The van der Waals surface area contributed by atoms with E-state index in [0.717, 1.165) is 39.3 Å². The normalized spacial score (nSPS) is 21.6. The molecule has 19 heavy (non-hydrogen) atoms. The highest BCUT2D eigenvalue weighted by Crippen LogP contribution is 2.16. The maximum Gasteiger partial charge on any atom is 0.188 e. The molecule has 1 rings (SSSR count). The van der Waals surface area contributed by atoms with Gasteiger partial charge < -0.3 is 15.8 Å². The average molecular weight is 270 g/mol. The van der Waals surface area contributed by atoms with Crippen molar-refractivity contribution in [1.82, 2.24) is 10.2 Å². The molecule has 5 heteroatoms. The Morgan fingerprint density at radius 1 is 1.42 bits per heavy atom. The number of nitrogens with two attached hydrogens (primary N) is 1. The van der Waals surface area contributed by atoms with Crippen molar-refractivity contribution in [2.24, 2.45) is 10.7 Å². The number of likely N-dealkylation sites (N-methyl/N-ethyl adjacent to an activating group) is 1. The zero-order valence-corrected chi connectivity index (χ0v) is 12.5. The molecule has 1 fully saturated rings. The third-order valence-electron chi connectivity index (χ3n) is 3.60. The van der Waals surface area contributed by atoms with Gasteiger partial charge in [0, 0.05) is 25.8 Å². The third kappa shape index (κ3) is 6.78. The quantitative estimate of drug-likeness (QED) is 0.395. The van der Waals surface area contributed by atoms with Crippen molar-refractivity contribution >= 4 is 5.96 Å². The number of rotatable bonds is 8. The summed E-state index contributed by atoms with van der Waals surface area (Å²) in [5.41, 5.74) is 5.87. The van der Waals surface area contributed by atoms with Gasteiger partial charge in [-0.25, -0.2) is 0 Å². The first-order chi connectivity index (χ1) is 9.27. The van der Waals surface area contributed by atoms with Crippen LogP contribution in [-0.2, 0) is 4.74 Å². The lowest BCUT2D eigenvalue weighted by Gasteiger charge is -2.33. The van der Waals surface area contributed by atoms with Crippen LogP contribution in [0.3, 0.4) is 0 Å². The van der Waals surface area contributed by atoms with E-state index in [4.69, 9.17) is 10.5 Å². The van der Waals surface area contributed by atoms with Crippen LogP contribution in [0.2, 0.25) is 0 Å². The van der Waals surface area contributed by atoms with E-state index in [1.165, 1.54) is 25.8 Å². The third-order valence-corrected chi connectivity index (χ3v) is 3.60. The van der Waals surface area contributed by atoms with Gasteiger partial charge in [0.25, 0.3) is 0 Å². The van der Waals surface area contributed by atoms with E-state index in [1.807, 2.05) is 6.92 Å². The molecule has 0 saturated carbocycles. The molecule has 0 radical (unpaired) electrons. The Bertz CT molecular complexity index is 258. The topological polar surface area (TPSA) is 62.9 Å². The SMILES string of the molecule is CCOCCCNC(N)=NCC1CCCCN1CC. The van der Waals surface area contributed by atoms with Gasteiger partial charge in [0.2, 0.25) is 0 Å². The molecule has 5 nitrogen and oxygen atoms in total. The number of piperidine rings is 1. The van der Waals surface area contributed by atoms with Crippen LogP contribution in [0.1, 0.15) is 39.5 Å². The molecule has 0 aromatic heterocycles.